The van der Waals surface area contributed by atoms with E-state index in [2.05, 4.69) is 4.90 Å². The average Bonchev–Trinajstić information content (AvgIpc) is 2.46. The van der Waals surface area contributed by atoms with Gasteiger partial charge < -0.3 is 10.0 Å². The molecule has 5 nitrogen and oxygen atoms in total. The monoisotopic (exact) mass is 264 g/mol. The van der Waals surface area contributed by atoms with Gasteiger partial charge in [0, 0.05) is 37.5 Å². The highest BCUT2D eigenvalue weighted by atomic mass is 16.6. The van der Waals surface area contributed by atoms with E-state index in [-0.39, 0.29) is 17.2 Å². The maximum Gasteiger partial charge on any atom is 0.269 e. The summed E-state index contributed by atoms with van der Waals surface area (Å²) in [6, 6.07) is 6.78. The summed E-state index contributed by atoms with van der Waals surface area (Å²) in [6.07, 6.45) is 4.26. The topological polar surface area (TPSA) is 66.6 Å². The lowest BCUT2D eigenvalue weighted by molar-refractivity contribution is -0.384. The Morgan fingerprint density at radius 2 is 1.89 bits per heavy atom. The molecule has 0 bridgehead atoms. The SMILES string of the molecule is O=[N+]([O-])c1ccc(N2CCC(CCCO)CC2)cc1. The Labute approximate surface area is 113 Å². The van der Waals surface area contributed by atoms with E-state index in [1.807, 2.05) is 12.1 Å². The Morgan fingerprint density at radius 3 is 2.42 bits per heavy atom. The molecule has 0 aromatic heterocycles. The fourth-order valence-corrected chi connectivity index (χ4v) is 2.64. The summed E-state index contributed by atoms with van der Waals surface area (Å²) in [5.41, 5.74) is 1.20. The molecule has 0 amide bonds. The molecular formula is C14H20N2O3. The van der Waals surface area contributed by atoms with Gasteiger partial charge >= 0.3 is 0 Å². The van der Waals surface area contributed by atoms with Gasteiger partial charge in [-0.1, -0.05) is 0 Å². The number of nitro benzene ring substituents is 1. The number of aliphatic hydroxyl groups excluding tert-OH is 1. The molecule has 1 N–H and O–H groups in total. The van der Waals surface area contributed by atoms with Crippen molar-refractivity contribution in [3.8, 4) is 0 Å². The molecule has 1 heterocycles. The van der Waals surface area contributed by atoms with Gasteiger partial charge in [-0.15, -0.1) is 0 Å². The first-order chi connectivity index (χ1) is 9.20. The van der Waals surface area contributed by atoms with Gasteiger partial charge in [-0.25, -0.2) is 0 Å². The molecule has 0 spiro atoms. The van der Waals surface area contributed by atoms with Crippen LogP contribution in [0.3, 0.4) is 0 Å². The fraction of sp³-hybridized carbons (Fsp3) is 0.571. The summed E-state index contributed by atoms with van der Waals surface area (Å²) in [5.74, 6) is 0.710. The quantitative estimate of drug-likeness (QED) is 0.655. The van der Waals surface area contributed by atoms with E-state index in [9.17, 15) is 10.1 Å². The molecule has 1 aromatic carbocycles. The molecule has 5 heteroatoms. The number of anilines is 1. The minimum absolute atomic E-state index is 0.140. The van der Waals surface area contributed by atoms with Crippen LogP contribution >= 0.6 is 0 Å². The first-order valence-electron chi connectivity index (χ1n) is 6.81. The highest BCUT2D eigenvalue weighted by Crippen LogP contribution is 2.27. The zero-order valence-electron chi connectivity index (χ0n) is 11.0. The van der Waals surface area contributed by atoms with E-state index in [4.69, 9.17) is 5.11 Å². The predicted molar refractivity (Wildman–Crippen MR) is 74.4 cm³/mol. The Bertz CT molecular complexity index is 411. The van der Waals surface area contributed by atoms with Crippen LogP contribution < -0.4 is 4.90 Å². The molecule has 0 radical (unpaired) electrons. The molecule has 2 rings (SSSR count). The van der Waals surface area contributed by atoms with Crippen molar-refractivity contribution in [2.45, 2.75) is 25.7 Å². The van der Waals surface area contributed by atoms with Crippen LogP contribution in [0.5, 0.6) is 0 Å². The third-order valence-electron chi connectivity index (χ3n) is 3.81. The van der Waals surface area contributed by atoms with Crippen molar-refractivity contribution in [2.75, 3.05) is 24.6 Å². The van der Waals surface area contributed by atoms with Crippen molar-refractivity contribution in [3.63, 3.8) is 0 Å². The van der Waals surface area contributed by atoms with Crippen molar-refractivity contribution in [3.05, 3.63) is 34.4 Å². The average molecular weight is 264 g/mol. The molecule has 0 aliphatic carbocycles. The first kappa shape index (κ1) is 13.8. The summed E-state index contributed by atoms with van der Waals surface area (Å²) < 4.78 is 0. The largest absolute Gasteiger partial charge is 0.396 e. The summed E-state index contributed by atoms with van der Waals surface area (Å²) >= 11 is 0. The van der Waals surface area contributed by atoms with E-state index in [0.717, 1.165) is 44.5 Å². The Kier molecular flexibility index (Phi) is 4.74. The lowest BCUT2D eigenvalue weighted by Crippen LogP contribution is -2.33. The number of nitrogens with zero attached hydrogens (tertiary/aromatic N) is 2. The molecule has 1 saturated heterocycles. The number of benzene rings is 1. The lowest BCUT2D eigenvalue weighted by atomic mass is 9.92. The van der Waals surface area contributed by atoms with Crippen molar-refractivity contribution < 1.29 is 10.0 Å². The number of hydrogen-bond donors (Lipinski definition) is 1. The van der Waals surface area contributed by atoms with E-state index in [1.165, 1.54) is 0 Å². The summed E-state index contributed by atoms with van der Waals surface area (Å²) in [6.45, 7) is 2.27. The molecule has 0 saturated carbocycles. The molecule has 1 aliphatic heterocycles. The van der Waals surface area contributed by atoms with Crippen molar-refractivity contribution in [1.82, 2.24) is 0 Å². The maximum atomic E-state index is 10.6. The smallest absolute Gasteiger partial charge is 0.269 e. The third-order valence-corrected chi connectivity index (χ3v) is 3.81. The van der Waals surface area contributed by atoms with E-state index < -0.39 is 0 Å². The predicted octanol–water partition coefficient (Wildman–Crippen LogP) is 2.58. The molecule has 1 fully saturated rings. The van der Waals surface area contributed by atoms with Crippen molar-refractivity contribution in [1.29, 1.82) is 0 Å². The van der Waals surface area contributed by atoms with Gasteiger partial charge in [0.1, 0.15) is 0 Å². The zero-order valence-corrected chi connectivity index (χ0v) is 11.0. The number of hydrogen-bond acceptors (Lipinski definition) is 4. The van der Waals surface area contributed by atoms with Crippen LogP contribution in [-0.2, 0) is 0 Å². The molecule has 1 aliphatic rings. The second-order valence-electron chi connectivity index (χ2n) is 5.07. The molecule has 1 aromatic rings. The molecule has 19 heavy (non-hydrogen) atoms. The van der Waals surface area contributed by atoms with Crippen molar-refractivity contribution >= 4 is 11.4 Å². The highest BCUT2D eigenvalue weighted by molar-refractivity contribution is 5.51. The second-order valence-corrected chi connectivity index (χ2v) is 5.07. The van der Waals surface area contributed by atoms with Gasteiger partial charge in [0.25, 0.3) is 5.69 Å². The van der Waals surface area contributed by atoms with Crippen LogP contribution in [0.25, 0.3) is 0 Å². The minimum atomic E-state index is -0.370. The van der Waals surface area contributed by atoms with Crippen LogP contribution in [0.4, 0.5) is 11.4 Å². The molecule has 0 unspecified atom stereocenters. The van der Waals surface area contributed by atoms with Crippen LogP contribution in [0.15, 0.2) is 24.3 Å². The summed E-state index contributed by atoms with van der Waals surface area (Å²) in [4.78, 5) is 12.5. The number of nitro groups is 1. The highest BCUT2D eigenvalue weighted by Gasteiger charge is 2.19. The maximum absolute atomic E-state index is 10.6. The van der Waals surface area contributed by atoms with E-state index in [1.54, 1.807) is 12.1 Å². The van der Waals surface area contributed by atoms with Crippen molar-refractivity contribution in [2.24, 2.45) is 5.92 Å². The van der Waals surface area contributed by atoms with Crippen LogP contribution in [0.1, 0.15) is 25.7 Å². The van der Waals surface area contributed by atoms with Crippen LogP contribution in [0, 0.1) is 16.0 Å². The number of aliphatic hydroxyl groups is 1. The van der Waals surface area contributed by atoms with Crippen LogP contribution in [0.2, 0.25) is 0 Å². The Hall–Kier alpha value is -1.62. The van der Waals surface area contributed by atoms with Gasteiger partial charge in [0.15, 0.2) is 0 Å². The van der Waals surface area contributed by atoms with E-state index in [0.29, 0.717) is 5.92 Å². The third kappa shape index (κ3) is 3.67. The first-order valence-corrected chi connectivity index (χ1v) is 6.81. The summed E-state index contributed by atoms with van der Waals surface area (Å²) in [5, 5.41) is 19.4. The van der Waals surface area contributed by atoms with Gasteiger partial charge in [-0.2, -0.15) is 0 Å². The lowest BCUT2D eigenvalue weighted by Gasteiger charge is -2.33. The Balaban J connectivity index is 1.88. The molecule has 0 atom stereocenters. The number of piperidine rings is 1. The molecular weight excluding hydrogens is 244 g/mol. The van der Waals surface area contributed by atoms with E-state index >= 15 is 0 Å². The fourth-order valence-electron chi connectivity index (χ4n) is 2.64. The van der Waals surface area contributed by atoms with Gasteiger partial charge in [-0.05, 0) is 43.7 Å². The number of rotatable bonds is 5. The number of non-ortho nitro benzene ring substituents is 1. The van der Waals surface area contributed by atoms with Crippen LogP contribution in [-0.4, -0.2) is 29.7 Å². The van der Waals surface area contributed by atoms with Gasteiger partial charge in [0.2, 0.25) is 0 Å². The summed E-state index contributed by atoms with van der Waals surface area (Å²) in [7, 11) is 0. The van der Waals surface area contributed by atoms with Gasteiger partial charge in [-0.3, -0.25) is 10.1 Å². The molecule has 104 valence electrons. The minimum Gasteiger partial charge on any atom is -0.396 e. The Morgan fingerprint density at radius 1 is 1.26 bits per heavy atom. The standard InChI is InChI=1S/C14H20N2O3/c17-11-1-2-12-7-9-15(10-8-12)13-3-5-14(6-4-13)16(18)19/h3-6,12,17H,1-2,7-11H2. The zero-order chi connectivity index (χ0) is 13.7. The second kappa shape index (κ2) is 6.52. The normalized spacial score (nSPS) is 16.6. The van der Waals surface area contributed by atoms with Gasteiger partial charge in [0.05, 0.1) is 4.92 Å².